The maximum absolute atomic E-state index is 12.8. The highest BCUT2D eigenvalue weighted by atomic mass is 32.2. The van der Waals surface area contributed by atoms with Crippen molar-refractivity contribution < 1.29 is 17.9 Å². The summed E-state index contributed by atoms with van der Waals surface area (Å²) < 4.78 is 38.3. The van der Waals surface area contributed by atoms with Crippen LogP contribution in [0.5, 0.6) is 0 Å². The first-order valence-corrected chi connectivity index (χ1v) is 8.52. The zero-order valence-electron chi connectivity index (χ0n) is 12.0. The summed E-state index contributed by atoms with van der Waals surface area (Å²) in [5.41, 5.74) is 6.84. The maximum atomic E-state index is 12.8. The van der Waals surface area contributed by atoms with E-state index >= 15 is 0 Å². The van der Waals surface area contributed by atoms with E-state index in [1.807, 2.05) is 0 Å². The van der Waals surface area contributed by atoms with Crippen LogP contribution in [0.25, 0.3) is 0 Å². The van der Waals surface area contributed by atoms with Gasteiger partial charge < -0.3 is 15.2 Å². The van der Waals surface area contributed by atoms with Crippen LogP contribution in [-0.2, 0) is 19.5 Å². The lowest BCUT2D eigenvalue weighted by Gasteiger charge is -2.37. The van der Waals surface area contributed by atoms with Crippen molar-refractivity contribution in [1.82, 2.24) is 4.31 Å². The molecule has 0 radical (unpaired) electrons. The standard InChI is InChI=1S/C14H20N2O4S/c1-11-3-2-4-12(15)13(11)21(17,18)16-7-5-14(6-8-16)19-9-10-20-14/h2-4H,5-10,15H2,1H3. The van der Waals surface area contributed by atoms with Gasteiger partial charge in [-0.2, -0.15) is 4.31 Å². The Bertz CT molecular complexity index is 608. The second-order valence-electron chi connectivity index (χ2n) is 5.50. The predicted octanol–water partition coefficient (Wildman–Crippen LogP) is 1.10. The van der Waals surface area contributed by atoms with Gasteiger partial charge in [-0.25, -0.2) is 8.42 Å². The van der Waals surface area contributed by atoms with Crippen molar-refractivity contribution >= 4 is 15.7 Å². The molecular formula is C14H20N2O4S. The summed E-state index contributed by atoms with van der Waals surface area (Å²) in [5.74, 6) is -0.580. The summed E-state index contributed by atoms with van der Waals surface area (Å²) in [6.45, 7) is 3.69. The highest BCUT2D eigenvalue weighted by Crippen LogP contribution is 2.34. The first-order valence-electron chi connectivity index (χ1n) is 7.08. The smallest absolute Gasteiger partial charge is 0.245 e. The van der Waals surface area contributed by atoms with Crippen LogP contribution >= 0.6 is 0 Å². The molecule has 3 rings (SSSR count). The van der Waals surface area contributed by atoms with E-state index < -0.39 is 15.8 Å². The Morgan fingerprint density at radius 2 is 1.81 bits per heavy atom. The molecule has 2 fully saturated rings. The molecule has 0 saturated carbocycles. The van der Waals surface area contributed by atoms with Gasteiger partial charge in [-0.05, 0) is 18.6 Å². The van der Waals surface area contributed by atoms with Crippen LogP contribution in [-0.4, -0.2) is 44.8 Å². The van der Waals surface area contributed by atoms with Crippen LogP contribution in [0, 0.1) is 6.92 Å². The number of piperidine rings is 1. The minimum atomic E-state index is -3.57. The number of ether oxygens (including phenoxy) is 2. The molecule has 0 aliphatic carbocycles. The Kier molecular flexibility index (Phi) is 3.69. The van der Waals surface area contributed by atoms with Crippen LogP contribution in [0.15, 0.2) is 23.1 Å². The third kappa shape index (κ3) is 2.55. The summed E-state index contributed by atoms with van der Waals surface area (Å²) in [5, 5.41) is 0. The second kappa shape index (κ2) is 5.24. The van der Waals surface area contributed by atoms with Crippen molar-refractivity contribution in [2.24, 2.45) is 0 Å². The third-order valence-corrected chi connectivity index (χ3v) is 6.26. The van der Waals surface area contributed by atoms with Gasteiger partial charge in [0, 0.05) is 25.9 Å². The maximum Gasteiger partial charge on any atom is 0.245 e. The molecule has 0 bridgehead atoms. The van der Waals surface area contributed by atoms with Gasteiger partial charge in [-0.1, -0.05) is 12.1 Å². The fourth-order valence-corrected chi connectivity index (χ4v) is 4.77. The van der Waals surface area contributed by atoms with Crippen LogP contribution in [0.2, 0.25) is 0 Å². The minimum absolute atomic E-state index is 0.217. The summed E-state index contributed by atoms with van der Waals surface area (Å²) in [7, 11) is -3.57. The van der Waals surface area contributed by atoms with E-state index in [1.165, 1.54) is 4.31 Å². The number of aryl methyl sites for hydroxylation is 1. The lowest BCUT2D eigenvalue weighted by atomic mass is 10.1. The first-order chi connectivity index (χ1) is 9.95. The fraction of sp³-hybridized carbons (Fsp3) is 0.571. The van der Waals surface area contributed by atoms with Gasteiger partial charge in [0.15, 0.2) is 5.79 Å². The Balaban J connectivity index is 1.84. The lowest BCUT2D eigenvalue weighted by molar-refractivity contribution is -0.179. The summed E-state index contributed by atoms with van der Waals surface area (Å²) >= 11 is 0. The van der Waals surface area contributed by atoms with Crippen molar-refractivity contribution in [3.05, 3.63) is 23.8 Å². The molecule has 21 heavy (non-hydrogen) atoms. The average Bonchev–Trinajstić information content (AvgIpc) is 2.87. The molecule has 1 aromatic carbocycles. The molecule has 2 N–H and O–H groups in total. The van der Waals surface area contributed by atoms with Gasteiger partial charge >= 0.3 is 0 Å². The van der Waals surface area contributed by atoms with Crippen molar-refractivity contribution in [3.8, 4) is 0 Å². The minimum Gasteiger partial charge on any atom is -0.398 e. The first kappa shape index (κ1) is 14.8. The van der Waals surface area contributed by atoms with Crippen molar-refractivity contribution in [3.63, 3.8) is 0 Å². The van der Waals surface area contributed by atoms with Crippen molar-refractivity contribution in [2.45, 2.75) is 30.4 Å². The fourth-order valence-electron chi connectivity index (χ4n) is 3.01. The molecule has 2 aliphatic rings. The van der Waals surface area contributed by atoms with Gasteiger partial charge in [0.1, 0.15) is 4.90 Å². The Morgan fingerprint density at radius 1 is 1.19 bits per heavy atom. The number of anilines is 1. The van der Waals surface area contributed by atoms with Gasteiger partial charge in [-0.3, -0.25) is 0 Å². The van der Waals surface area contributed by atoms with Crippen LogP contribution < -0.4 is 5.73 Å². The highest BCUT2D eigenvalue weighted by Gasteiger charge is 2.43. The van der Waals surface area contributed by atoms with Gasteiger partial charge in [0.2, 0.25) is 10.0 Å². The molecule has 116 valence electrons. The molecular weight excluding hydrogens is 292 g/mol. The predicted molar refractivity (Wildman–Crippen MR) is 78.2 cm³/mol. The number of nitrogen functional groups attached to an aromatic ring is 1. The van der Waals surface area contributed by atoms with Gasteiger partial charge in [0.25, 0.3) is 0 Å². The van der Waals surface area contributed by atoms with E-state index in [0.29, 0.717) is 50.4 Å². The second-order valence-corrected chi connectivity index (χ2v) is 7.38. The van der Waals surface area contributed by atoms with Gasteiger partial charge in [0.05, 0.1) is 18.9 Å². The van der Waals surface area contributed by atoms with Gasteiger partial charge in [-0.15, -0.1) is 0 Å². The summed E-state index contributed by atoms with van der Waals surface area (Å²) in [6, 6.07) is 5.14. The summed E-state index contributed by atoms with van der Waals surface area (Å²) in [6.07, 6.45) is 1.11. The molecule has 1 aromatic rings. The zero-order valence-corrected chi connectivity index (χ0v) is 12.9. The van der Waals surface area contributed by atoms with Crippen LogP contribution in [0.3, 0.4) is 0 Å². The number of hydrogen-bond acceptors (Lipinski definition) is 5. The number of nitrogens with two attached hydrogens (primary N) is 1. The molecule has 1 spiro atoms. The lowest BCUT2D eigenvalue weighted by Crippen LogP contribution is -2.47. The monoisotopic (exact) mass is 312 g/mol. The Labute approximate surface area is 124 Å². The molecule has 0 atom stereocenters. The SMILES string of the molecule is Cc1cccc(N)c1S(=O)(=O)N1CCC2(CC1)OCCO2. The molecule has 0 amide bonds. The van der Waals surface area contributed by atoms with Crippen LogP contribution in [0.1, 0.15) is 18.4 Å². The molecule has 2 saturated heterocycles. The van der Waals surface area contributed by atoms with E-state index in [1.54, 1.807) is 25.1 Å². The number of sulfonamides is 1. The van der Waals surface area contributed by atoms with E-state index in [2.05, 4.69) is 0 Å². The zero-order chi connectivity index (χ0) is 15.1. The third-order valence-electron chi connectivity index (χ3n) is 4.14. The number of nitrogens with zero attached hydrogens (tertiary/aromatic N) is 1. The van der Waals surface area contributed by atoms with E-state index in [-0.39, 0.29) is 4.90 Å². The molecule has 2 aliphatic heterocycles. The largest absolute Gasteiger partial charge is 0.398 e. The number of hydrogen-bond donors (Lipinski definition) is 1. The molecule has 7 heteroatoms. The molecule has 0 aromatic heterocycles. The van der Waals surface area contributed by atoms with E-state index in [0.717, 1.165) is 0 Å². The average molecular weight is 312 g/mol. The van der Waals surface area contributed by atoms with Crippen molar-refractivity contribution in [2.75, 3.05) is 32.0 Å². The molecule has 6 nitrogen and oxygen atoms in total. The normalized spacial score (nSPS) is 22.7. The molecule has 2 heterocycles. The van der Waals surface area contributed by atoms with E-state index in [9.17, 15) is 8.42 Å². The van der Waals surface area contributed by atoms with Crippen molar-refractivity contribution in [1.29, 1.82) is 0 Å². The Morgan fingerprint density at radius 3 is 2.38 bits per heavy atom. The number of rotatable bonds is 2. The Hall–Kier alpha value is -1.15. The summed E-state index contributed by atoms with van der Waals surface area (Å²) in [4.78, 5) is 0.217. The topological polar surface area (TPSA) is 81.9 Å². The highest BCUT2D eigenvalue weighted by molar-refractivity contribution is 7.89. The van der Waals surface area contributed by atoms with Crippen LogP contribution in [0.4, 0.5) is 5.69 Å². The quantitative estimate of drug-likeness (QED) is 0.827. The molecule has 0 unspecified atom stereocenters. The van der Waals surface area contributed by atoms with E-state index in [4.69, 9.17) is 15.2 Å². The number of benzene rings is 1.